The average molecular weight is 466 g/mol. The molecule has 6 heteroatoms. The summed E-state index contributed by atoms with van der Waals surface area (Å²) >= 11 is 6.02. The molecule has 1 N–H and O–H groups in total. The Bertz CT molecular complexity index is 1260. The van der Waals surface area contributed by atoms with E-state index in [1.165, 1.54) is 0 Å². The summed E-state index contributed by atoms with van der Waals surface area (Å²) in [6, 6.07) is 12.5. The van der Waals surface area contributed by atoms with Crippen LogP contribution in [0, 0.1) is 18.2 Å². The highest BCUT2D eigenvalue weighted by atomic mass is 35.5. The molecule has 3 aliphatic carbocycles. The van der Waals surface area contributed by atoms with Crippen molar-refractivity contribution in [2.45, 2.75) is 56.8 Å². The molecule has 0 saturated heterocycles. The molecule has 0 amide bonds. The summed E-state index contributed by atoms with van der Waals surface area (Å²) in [6.07, 6.45) is 6.43. The number of carbonyl (C=O) groups is 1. The van der Waals surface area contributed by atoms with Crippen LogP contribution in [0.4, 0.5) is 4.39 Å². The van der Waals surface area contributed by atoms with E-state index in [-0.39, 0.29) is 29.0 Å². The zero-order valence-electron chi connectivity index (χ0n) is 18.4. The topological polar surface area (TPSA) is 51.5 Å². The van der Waals surface area contributed by atoms with Gasteiger partial charge in [-0.25, -0.2) is 4.39 Å². The lowest BCUT2D eigenvalue weighted by Gasteiger charge is -2.71. The molecule has 7 rings (SSSR count). The van der Waals surface area contributed by atoms with Gasteiger partial charge >= 0.3 is 0 Å². The molecule has 4 aliphatic rings. The number of hydrogen-bond donors (Lipinski definition) is 1. The van der Waals surface area contributed by atoms with Crippen molar-refractivity contribution < 1.29 is 19.0 Å². The molecular formula is C27H25ClFNO3. The minimum absolute atomic E-state index is 0.0338. The second-order valence-electron chi connectivity index (χ2n) is 10.2. The van der Waals surface area contributed by atoms with Crippen LogP contribution >= 0.6 is 11.6 Å². The molecule has 3 fully saturated rings. The van der Waals surface area contributed by atoms with E-state index in [9.17, 15) is 14.3 Å². The minimum Gasteiger partial charge on any atom is -0.482 e. The Labute approximate surface area is 196 Å². The average Bonchev–Trinajstić information content (AvgIpc) is 3.21. The number of aliphatic hydroxyl groups excluding tert-OH is 1. The summed E-state index contributed by atoms with van der Waals surface area (Å²) < 4.78 is 22.1. The van der Waals surface area contributed by atoms with Crippen molar-refractivity contribution in [3.63, 3.8) is 0 Å². The van der Waals surface area contributed by atoms with Crippen molar-refractivity contribution in [1.82, 2.24) is 4.57 Å². The van der Waals surface area contributed by atoms with E-state index in [0.29, 0.717) is 28.3 Å². The van der Waals surface area contributed by atoms with Crippen LogP contribution < -0.4 is 4.74 Å². The van der Waals surface area contributed by atoms with Crippen LogP contribution in [0.3, 0.4) is 0 Å². The molecule has 33 heavy (non-hydrogen) atoms. The number of carbonyl (C=O) groups excluding carboxylic acids is 1. The number of fused-ring (bicyclic) bond motifs is 1. The normalized spacial score (nSPS) is 29.5. The van der Waals surface area contributed by atoms with Crippen LogP contribution in [-0.2, 0) is 10.3 Å². The van der Waals surface area contributed by atoms with Gasteiger partial charge in [-0.2, -0.15) is 0 Å². The lowest BCUT2D eigenvalue weighted by molar-refractivity contribution is -0.195. The number of aromatic nitrogens is 1. The van der Waals surface area contributed by atoms with Crippen LogP contribution in [-0.4, -0.2) is 21.6 Å². The molecular weight excluding hydrogens is 441 g/mol. The molecule has 2 heterocycles. The van der Waals surface area contributed by atoms with Crippen molar-refractivity contribution >= 4 is 17.4 Å². The van der Waals surface area contributed by atoms with Crippen molar-refractivity contribution in [3.05, 3.63) is 76.8 Å². The van der Waals surface area contributed by atoms with Gasteiger partial charge in [0.2, 0.25) is 0 Å². The van der Waals surface area contributed by atoms with Gasteiger partial charge in [0.25, 0.3) is 0 Å². The highest BCUT2D eigenvalue weighted by Gasteiger charge is 2.69. The predicted octanol–water partition coefficient (Wildman–Crippen LogP) is 5.98. The van der Waals surface area contributed by atoms with Crippen LogP contribution in [0.15, 0.2) is 54.9 Å². The maximum absolute atomic E-state index is 14.0. The van der Waals surface area contributed by atoms with Gasteiger partial charge in [-0.05, 0) is 78.6 Å². The first-order valence-corrected chi connectivity index (χ1v) is 11.8. The number of ether oxygens (including phenoxy) is 1. The number of benzene rings is 2. The number of nitrogens with zero attached hydrogens (tertiary/aromatic N) is 1. The van der Waals surface area contributed by atoms with Crippen LogP contribution in [0.1, 0.15) is 49.3 Å². The van der Waals surface area contributed by atoms with Crippen molar-refractivity contribution in [3.8, 4) is 16.9 Å². The molecule has 3 aromatic rings. The van der Waals surface area contributed by atoms with E-state index in [1.54, 1.807) is 37.3 Å². The van der Waals surface area contributed by atoms with Gasteiger partial charge in [0, 0.05) is 41.4 Å². The number of ketones is 1. The van der Waals surface area contributed by atoms with Gasteiger partial charge in [-0.3, -0.25) is 4.79 Å². The molecule has 2 bridgehead atoms. The van der Waals surface area contributed by atoms with Gasteiger partial charge in [-0.1, -0.05) is 23.7 Å². The van der Waals surface area contributed by atoms with Crippen LogP contribution in [0.5, 0.6) is 5.75 Å². The predicted molar refractivity (Wildman–Crippen MR) is 124 cm³/mol. The highest BCUT2D eigenvalue weighted by molar-refractivity contribution is 6.30. The van der Waals surface area contributed by atoms with Crippen molar-refractivity contribution in [2.75, 3.05) is 0 Å². The molecule has 1 aliphatic heterocycles. The smallest absolute Gasteiger partial charge is 0.173 e. The minimum atomic E-state index is -0.745. The summed E-state index contributed by atoms with van der Waals surface area (Å²) in [5.74, 6) is 0.410. The third-order valence-corrected chi connectivity index (χ3v) is 8.04. The SMILES string of the molecule is Cc1ccc(-c2ccn(C34CC(CC(=O)[C@@H]5C[C@@H](O)c6cc(Cl)ccc6O5)(C3)C4)c2)cc1F. The Morgan fingerprint density at radius 3 is 2.73 bits per heavy atom. The van der Waals surface area contributed by atoms with Gasteiger partial charge < -0.3 is 14.4 Å². The lowest BCUT2D eigenvalue weighted by atomic mass is 9.38. The number of rotatable bonds is 5. The molecule has 0 unspecified atom stereocenters. The van der Waals surface area contributed by atoms with E-state index in [2.05, 4.69) is 17.0 Å². The fourth-order valence-electron chi connectivity index (χ4n) is 6.13. The monoisotopic (exact) mass is 465 g/mol. The van der Waals surface area contributed by atoms with E-state index in [0.717, 1.165) is 30.4 Å². The van der Waals surface area contributed by atoms with Crippen molar-refractivity contribution in [2.24, 2.45) is 5.41 Å². The Balaban J connectivity index is 1.11. The van der Waals surface area contributed by atoms with E-state index < -0.39 is 12.2 Å². The zero-order chi connectivity index (χ0) is 23.0. The molecule has 0 spiro atoms. The fraction of sp³-hybridized carbons (Fsp3) is 0.370. The largest absolute Gasteiger partial charge is 0.482 e. The van der Waals surface area contributed by atoms with Gasteiger partial charge in [-0.15, -0.1) is 0 Å². The van der Waals surface area contributed by atoms with E-state index in [1.807, 2.05) is 12.1 Å². The number of Topliss-reactive ketones (excluding diaryl/α,β-unsaturated/α-hetero) is 1. The maximum atomic E-state index is 14.0. The first-order valence-electron chi connectivity index (χ1n) is 11.4. The quantitative estimate of drug-likeness (QED) is 0.504. The molecule has 2 atom stereocenters. The number of hydrogen-bond acceptors (Lipinski definition) is 3. The molecule has 2 aromatic carbocycles. The molecule has 170 valence electrons. The van der Waals surface area contributed by atoms with E-state index >= 15 is 0 Å². The second-order valence-corrected chi connectivity index (χ2v) is 10.6. The van der Waals surface area contributed by atoms with Crippen LogP contribution in [0.25, 0.3) is 11.1 Å². The molecule has 0 radical (unpaired) electrons. The Kier molecular flexibility index (Phi) is 4.56. The highest BCUT2D eigenvalue weighted by Crippen LogP contribution is 2.73. The summed E-state index contributed by atoms with van der Waals surface area (Å²) in [4.78, 5) is 13.0. The van der Waals surface area contributed by atoms with Crippen LogP contribution in [0.2, 0.25) is 5.02 Å². The summed E-state index contributed by atoms with van der Waals surface area (Å²) in [5, 5.41) is 11.0. The Hall–Kier alpha value is -2.63. The summed E-state index contributed by atoms with van der Waals surface area (Å²) in [5.41, 5.74) is 3.28. The standard InChI is InChI=1S/C27H25ClFNO3/c1-16-2-3-17(8-21(16)29)18-6-7-30(12-18)27-13-26(14-27,15-27)11-23(32)25-10-22(31)20-9-19(28)4-5-24(20)33-25/h2-9,12,22,25,31H,10-11,13-15H2,1H3/t22-,25+,26?,27?/m1/s1. The van der Waals surface area contributed by atoms with Crippen molar-refractivity contribution in [1.29, 1.82) is 0 Å². The Morgan fingerprint density at radius 2 is 1.97 bits per heavy atom. The zero-order valence-corrected chi connectivity index (χ0v) is 19.1. The maximum Gasteiger partial charge on any atom is 0.173 e. The molecule has 1 aromatic heterocycles. The fourth-order valence-corrected chi connectivity index (χ4v) is 6.31. The third-order valence-electron chi connectivity index (χ3n) is 7.80. The first-order chi connectivity index (χ1) is 15.8. The Morgan fingerprint density at radius 1 is 1.18 bits per heavy atom. The molecule has 3 saturated carbocycles. The summed E-state index contributed by atoms with van der Waals surface area (Å²) in [7, 11) is 0. The third kappa shape index (κ3) is 3.32. The van der Waals surface area contributed by atoms with E-state index in [4.69, 9.17) is 16.3 Å². The summed E-state index contributed by atoms with van der Waals surface area (Å²) in [6.45, 7) is 1.76. The lowest BCUT2D eigenvalue weighted by Crippen LogP contribution is -2.68. The van der Waals surface area contributed by atoms with Gasteiger partial charge in [0.1, 0.15) is 11.6 Å². The van der Waals surface area contributed by atoms with Gasteiger partial charge in [0.05, 0.1) is 6.10 Å². The van der Waals surface area contributed by atoms with Gasteiger partial charge in [0.15, 0.2) is 11.9 Å². The number of aryl methyl sites for hydroxylation is 1. The second kappa shape index (κ2) is 7.18. The number of halogens is 2. The number of aliphatic hydroxyl groups is 1. The molecule has 4 nitrogen and oxygen atoms in total. The first kappa shape index (κ1) is 20.9.